The summed E-state index contributed by atoms with van der Waals surface area (Å²) >= 11 is 0. The van der Waals surface area contributed by atoms with Crippen LogP contribution in [0.3, 0.4) is 0 Å². The molecule has 0 spiro atoms. The lowest BCUT2D eigenvalue weighted by atomic mass is 10.0. The molecular formula is C20H21FN2O4S. The standard InChI is InChI=1S/C20H21FN2O4S/c1-3-27-20(24)17-12-16(17)19(15-6-4-5-7-18(15)21)22-23-28(25,26)14-10-8-13(2)9-11-14/h4-11,16-17,23H,3,12H2,1-2H3/b22-19-. The molecule has 0 bridgehead atoms. The van der Waals surface area contributed by atoms with Gasteiger partial charge in [-0.15, -0.1) is 0 Å². The zero-order chi connectivity index (χ0) is 20.3. The van der Waals surface area contributed by atoms with Gasteiger partial charge in [0.25, 0.3) is 10.0 Å². The van der Waals surface area contributed by atoms with E-state index in [4.69, 9.17) is 4.74 Å². The quantitative estimate of drug-likeness (QED) is 0.437. The monoisotopic (exact) mass is 404 g/mol. The number of nitrogens with one attached hydrogen (secondary N) is 1. The number of esters is 1. The van der Waals surface area contributed by atoms with E-state index in [1.54, 1.807) is 25.1 Å². The minimum Gasteiger partial charge on any atom is -0.466 e. The van der Waals surface area contributed by atoms with Crippen LogP contribution >= 0.6 is 0 Å². The van der Waals surface area contributed by atoms with Crippen LogP contribution in [0.5, 0.6) is 0 Å². The first-order valence-electron chi connectivity index (χ1n) is 8.91. The number of ether oxygens (including phenoxy) is 1. The van der Waals surface area contributed by atoms with Crippen LogP contribution in [-0.2, 0) is 19.6 Å². The summed E-state index contributed by atoms with van der Waals surface area (Å²) in [5.74, 6) is -1.79. The molecule has 0 amide bonds. The zero-order valence-corrected chi connectivity index (χ0v) is 16.4. The number of rotatable bonds is 7. The Hall–Kier alpha value is -2.74. The molecule has 2 unspecified atom stereocenters. The molecule has 0 heterocycles. The highest BCUT2D eigenvalue weighted by Crippen LogP contribution is 2.42. The Bertz CT molecular complexity index is 1000. The molecule has 1 saturated carbocycles. The van der Waals surface area contributed by atoms with Gasteiger partial charge in [0, 0.05) is 11.5 Å². The number of carbonyl (C=O) groups excluding carboxylic acids is 1. The maximum Gasteiger partial charge on any atom is 0.309 e. The molecule has 1 fully saturated rings. The lowest BCUT2D eigenvalue weighted by Crippen LogP contribution is -2.23. The van der Waals surface area contributed by atoms with Crippen molar-refractivity contribution in [1.29, 1.82) is 0 Å². The fraction of sp³-hybridized carbons (Fsp3) is 0.300. The van der Waals surface area contributed by atoms with Crippen molar-refractivity contribution in [2.24, 2.45) is 16.9 Å². The number of hydrogen-bond donors (Lipinski definition) is 1. The summed E-state index contributed by atoms with van der Waals surface area (Å²) in [5, 5.41) is 4.01. The van der Waals surface area contributed by atoms with Gasteiger partial charge in [0.1, 0.15) is 5.82 Å². The summed E-state index contributed by atoms with van der Waals surface area (Å²) in [6, 6.07) is 12.2. The highest BCUT2D eigenvalue weighted by Gasteiger charge is 2.48. The lowest BCUT2D eigenvalue weighted by molar-refractivity contribution is -0.144. The van der Waals surface area contributed by atoms with E-state index in [9.17, 15) is 17.6 Å². The summed E-state index contributed by atoms with van der Waals surface area (Å²) in [6.45, 7) is 3.80. The van der Waals surface area contributed by atoms with E-state index in [0.717, 1.165) is 5.56 Å². The van der Waals surface area contributed by atoms with E-state index in [0.29, 0.717) is 6.42 Å². The minimum atomic E-state index is -3.92. The molecule has 28 heavy (non-hydrogen) atoms. The lowest BCUT2D eigenvalue weighted by Gasteiger charge is -2.10. The van der Waals surface area contributed by atoms with E-state index in [2.05, 4.69) is 9.93 Å². The molecular weight excluding hydrogens is 383 g/mol. The third-order valence-corrected chi connectivity index (χ3v) is 5.72. The summed E-state index contributed by atoms with van der Waals surface area (Å²) in [5.41, 5.74) is 1.27. The minimum absolute atomic E-state index is 0.0486. The van der Waals surface area contributed by atoms with Crippen LogP contribution in [0.1, 0.15) is 24.5 Å². The number of sulfonamides is 1. The predicted molar refractivity (Wildman–Crippen MR) is 103 cm³/mol. The average molecular weight is 404 g/mol. The number of benzene rings is 2. The Morgan fingerprint density at radius 1 is 1.18 bits per heavy atom. The van der Waals surface area contributed by atoms with Gasteiger partial charge in [-0.3, -0.25) is 4.79 Å². The van der Waals surface area contributed by atoms with Crippen molar-refractivity contribution in [3.05, 3.63) is 65.5 Å². The second kappa shape index (κ2) is 8.10. The van der Waals surface area contributed by atoms with Gasteiger partial charge in [-0.25, -0.2) is 4.39 Å². The highest BCUT2D eigenvalue weighted by atomic mass is 32.2. The SMILES string of the molecule is CCOC(=O)C1CC1/C(=N\NS(=O)(=O)c1ccc(C)cc1)c1ccccc1F. The molecule has 2 aromatic carbocycles. The van der Waals surface area contributed by atoms with Gasteiger partial charge in [0.2, 0.25) is 0 Å². The molecule has 0 saturated heterocycles. The van der Waals surface area contributed by atoms with Crippen LogP contribution in [0.2, 0.25) is 0 Å². The first-order chi connectivity index (χ1) is 13.3. The third kappa shape index (κ3) is 4.39. The van der Waals surface area contributed by atoms with Gasteiger partial charge in [0.15, 0.2) is 0 Å². The summed E-state index contributed by atoms with van der Waals surface area (Å²) in [4.78, 5) is 14.2. The van der Waals surface area contributed by atoms with Crippen molar-refractivity contribution < 1.29 is 22.3 Å². The van der Waals surface area contributed by atoms with Crippen LogP contribution < -0.4 is 4.83 Å². The van der Waals surface area contributed by atoms with Crippen molar-refractivity contribution >= 4 is 21.7 Å². The molecule has 1 N–H and O–H groups in total. The summed E-state index contributed by atoms with van der Waals surface area (Å²) < 4.78 is 44.4. The molecule has 2 aromatic rings. The summed E-state index contributed by atoms with van der Waals surface area (Å²) in [7, 11) is -3.92. The van der Waals surface area contributed by atoms with Gasteiger partial charge in [-0.05, 0) is 38.5 Å². The first kappa shape index (κ1) is 20.0. The molecule has 6 nitrogen and oxygen atoms in total. The third-order valence-electron chi connectivity index (χ3n) is 4.50. The first-order valence-corrected chi connectivity index (χ1v) is 10.4. The number of nitrogens with zero attached hydrogens (tertiary/aromatic N) is 1. The van der Waals surface area contributed by atoms with Crippen LogP contribution in [0.4, 0.5) is 4.39 Å². The molecule has 8 heteroatoms. The van der Waals surface area contributed by atoms with E-state index >= 15 is 0 Å². The predicted octanol–water partition coefficient (Wildman–Crippen LogP) is 3.02. The van der Waals surface area contributed by atoms with E-state index < -0.39 is 33.6 Å². The van der Waals surface area contributed by atoms with Crippen molar-refractivity contribution in [2.45, 2.75) is 25.2 Å². The molecule has 148 valence electrons. The second-order valence-electron chi connectivity index (χ2n) is 6.59. The fourth-order valence-corrected chi connectivity index (χ4v) is 3.72. The van der Waals surface area contributed by atoms with E-state index in [1.807, 2.05) is 6.92 Å². The Labute approximate surface area is 163 Å². The zero-order valence-electron chi connectivity index (χ0n) is 15.6. The number of carbonyl (C=O) groups is 1. The van der Waals surface area contributed by atoms with Crippen molar-refractivity contribution in [2.75, 3.05) is 6.61 Å². The van der Waals surface area contributed by atoms with Crippen LogP contribution in [-0.4, -0.2) is 26.7 Å². The smallest absolute Gasteiger partial charge is 0.309 e. The molecule has 3 rings (SSSR count). The molecule has 1 aliphatic carbocycles. The fourth-order valence-electron chi connectivity index (χ4n) is 2.90. The van der Waals surface area contributed by atoms with Crippen molar-refractivity contribution in [1.82, 2.24) is 4.83 Å². The molecule has 0 radical (unpaired) electrons. The molecule has 2 atom stereocenters. The van der Waals surface area contributed by atoms with Crippen molar-refractivity contribution in [3.63, 3.8) is 0 Å². The molecule has 0 aliphatic heterocycles. The Morgan fingerprint density at radius 3 is 2.50 bits per heavy atom. The van der Waals surface area contributed by atoms with E-state index in [1.165, 1.54) is 30.3 Å². The number of aryl methyl sites for hydroxylation is 1. The molecule has 0 aromatic heterocycles. The van der Waals surface area contributed by atoms with Gasteiger partial charge in [-0.2, -0.15) is 18.4 Å². The topological polar surface area (TPSA) is 84.8 Å². The average Bonchev–Trinajstić information content (AvgIpc) is 3.44. The van der Waals surface area contributed by atoms with Gasteiger partial charge < -0.3 is 4.74 Å². The maximum absolute atomic E-state index is 14.3. The second-order valence-corrected chi connectivity index (χ2v) is 8.25. The van der Waals surface area contributed by atoms with E-state index in [-0.39, 0.29) is 22.8 Å². The van der Waals surface area contributed by atoms with Crippen LogP contribution in [0.15, 0.2) is 58.5 Å². The Balaban J connectivity index is 1.90. The van der Waals surface area contributed by atoms with Crippen LogP contribution in [0.25, 0.3) is 0 Å². The van der Waals surface area contributed by atoms with Gasteiger partial charge >= 0.3 is 5.97 Å². The molecule has 1 aliphatic rings. The highest BCUT2D eigenvalue weighted by molar-refractivity contribution is 7.89. The Morgan fingerprint density at radius 2 is 1.86 bits per heavy atom. The van der Waals surface area contributed by atoms with Crippen LogP contribution in [0, 0.1) is 24.6 Å². The number of hydrogen-bond acceptors (Lipinski definition) is 5. The van der Waals surface area contributed by atoms with Crippen molar-refractivity contribution in [3.8, 4) is 0 Å². The summed E-state index contributed by atoms with van der Waals surface area (Å²) in [6.07, 6.45) is 0.429. The number of halogens is 1. The number of hydrazone groups is 1. The largest absolute Gasteiger partial charge is 0.466 e. The maximum atomic E-state index is 14.3. The Kier molecular flexibility index (Phi) is 5.79. The van der Waals surface area contributed by atoms with Gasteiger partial charge in [0.05, 0.1) is 23.1 Å². The van der Waals surface area contributed by atoms with Gasteiger partial charge in [-0.1, -0.05) is 35.9 Å². The normalized spacial score (nSPS) is 19.2.